The van der Waals surface area contributed by atoms with Crippen LogP contribution in [0.1, 0.15) is 39.1 Å². The molecule has 2 N–H and O–H groups in total. The van der Waals surface area contributed by atoms with Gasteiger partial charge in [0, 0.05) is 6.42 Å². The third-order valence-corrected chi connectivity index (χ3v) is 3.75. The lowest BCUT2D eigenvalue weighted by Crippen LogP contribution is -2.38. The van der Waals surface area contributed by atoms with Crippen molar-refractivity contribution in [1.82, 2.24) is 0 Å². The molecule has 0 aliphatic rings. The van der Waals surface area contributed by atoms with Crippen molar-refractivity contribution >= 4 is 29.4 Å². The predicted octanol–water partition coefficient (Wildman–Crippen LogP) is 2.73. The summed E-state index contributed by atoms with van der Waals surface area (Å²) in [4.78, 5) is 48.6. The number of carbonyl (C=O) groups is 4. The quantitative estimate of drug-likeness (QED) is 0.824. The highest BCUT2D eigenvalue weighted by molar-refractivity contribution is 6.23. The van der Waals surface area contributed by atoms with Gasteiger partial charge in [0.05, 0.1) is 23.2 Å². The number of imide groups is 1. The summed E-state index contributed by atoms with van der Waals surface area (Å²) in [5.41, 5.74) is 0.527. The Bertz CT molecular complexity index is 874. The highest BCUT2D eigenvalue weighted by Crippen LogP contribution is 2.24. The number of carbonyl (C=O) groups excluding carboxylic acids is 2. The molecule has 7 heteroatoms. The van der Waals surface area contributed by atoms with Crippen molar-refractivity contribution in [3.05, 3.63) is 65.2 Å². The van der Waals surface area contributed by atoms with Crippen LogP contribution in [-0.2, 0) is 9.59 Å². The van der Waals surface area contributed by atoms with Crippen LogP contribution in [0.2, 0.25) is 0 Å². The van der Waals surface area contributed by atoms with Crippen LogP contribution in [-0.4, -0.2) is 34.0 Å². The molecule has 0 bridgehead atoms. The fraction of sp³-hybridized carbons (Fsp3) is 0.158. The molecule has 26 heavy (non-hydrogen) atoms. The highest BCUT2D eigenvalue weighted by atomic mass is 16.4. The Kier molecular flexibility index (Phi) is 5.85. The molecule has 2 amide bonds. The number of carboxylic acid groups (broad SMARTS) is 2. The molecule has 0 saturated heterocycles. The van der Waals surface area contributed by atoms with Gasteiger partial charge in [0.25, 0.3) is 5.91 Å². The molecule has 2 rings (SSSR count). The van der Waals surface area contributed by atoms with Gasteiger partial charge < -0.3 is 10.2 Å². The first kappa shape index (κ1) is 18.9. The molecule has 0 aromatic heterocycles. The van der Waals surface area contributed by atoms with E-state index < -0.39 is 30.2 Å². The molecule has 0 heterocycles. The monoisotopic (exact) mass is 355 g/mol. The number of nitrogens with zero attached hydrogens (tertiary/aromatic N) is 1. The van der Waals surface area contributed by atoms with Gasteiger partial charge in [-0.25, -0.2) is 9.69 Å². The van der Waals surface area contributed by atoms with E-state index in [0.29, 0.717) is 5.56 Å². The summed E-state index contributed by atoms with van der Waals surface area (Å²) < 4.78 is 0. The fourth-order valence-electron chi connectivity index (χ4n) is 2.47. The summed E-state index contributed by atoms with van der Waals surface area (Å²) in [6.45, 7) is 1.70. The highest BCUT2D eigenvalue weighted by Gasteiger charge is 2.28. The van der Waals surface area contributed by atoms with E-state index in [1.807, 2.05) is 0 Å². The van der Waals surface area contributed by atoms with Gasteiger partial charge in [-0.3, -0.25) is 14.4 Å². The standard InChI is InChI=1S/C19H17NO6/c1-12-6-2-5-9-15(12)20(16(21)10-11-17(22)23)18(24)13-7-3-4-8-14(13)19(25)26/h2-9H,10-11H2,1H3,(H,22,23)(H,25,26). The van der Waals surface area contributed by atoms with Gasteiger partial charge in [-0.2, -0.15) is 0 Å². The molecule has 0 radical (unpaired) electrons. The van der Waals surface area contributed by atoms with Crippen LogP contribution in [0.5, 0.6) is 0 Å². The topological polar surface area (TPSA) is 112 Å². The van der Waals surface area contributed by atoms with Crippen LogP contribution < -0.4 is 4.90 Å². The number of hydrogen-bond acceptors (Lipinski definition) is 4. The minimum atomic E-state index is -1.29. The number of rotatable bonds is 6. The van der Waals surface area contributed by atoms with Crippen molar-refractivity contribution in [3.63, 3.8) is 0 Å². The zero-order valence-electron chi connectivity index (χ0n) is 14.0. The third-order valence-electron chi connectivity index (χ3n) is 3.75. The summed E-state index contributed by atoms with van der Waals surface area (Å²) in [6, 6.07) is 12.2. The maximum atomic E-state index is 13.0. The number of carboxylic acids is 2. The molecule has 2 aromatic carbocycles. The molecule has 134 valence electrons. The second-order valence-corrected chi connectivity index (χ2v) is 5.57. The maximum absolute atomic E-state index is 13.0. The normalized spacial score (nSPS) is 10.2. The van der Waals surface area contributed by atoms with Crippen molar-refractivity contribution in [1.29, 1.82) is 0 Å². The van der Waals surface area contributed by atoms with Crippen LogP contribution in [0.25, 0.3) is 0 Å². The lowest BCUT2D eigenvalue weighted by molar-refractivity contribution is -0.138. The van der Waals surface area contributed by atoms with Crippen LogP contribution in [0.4, 0.5) is 5.69 Å². The Hall–Kier alpha value is -3.48. The van der Waals surface area contributed by atoms with Crippen LogP contribution in [0.3, 0.4) is 0 Å². The van der Waals surface area contributed by atoms with Gasteiger partial charge in [0.15, 0.2) is 0 Å². The average Bonchev–Trinajstić information content (AvgIpc) is 2.61. The molecule has 0 fully saturated rings. The largest absolute Gasteiger partial charge is 0.481 e. The number of aryl methyl sites for hydroxylation is 1. The van der Waals surface area contributed by atoms with E-state index >= 15 is 0 Å². The second kappa shape index (κ2) is 8.06. The zero-order valence-corrected chi connectivity index (χ0v) is 14.0. The molecule has 0 unspecified atom stereocenters. The van der Waals surface area contributed by atoms with Gasteiger partial charge in [0.2, 0.25) is 5.91 Å². The Labute approximate surface area is 149 Å². The van der Waals surface area contributed by atoms with Crippen LogP contribution >= 0.6 is 0 Å². The van der Waals surface area contributed by atoms with Crippen molar-refractivity contribution in [2.45, 2.75) is 19.8 Å². The third kappa shape index (κ3) is 4.13. The molecular weight excluding hydrogens is 338 g/mol. The minimum Gasteiger partial charge on any atom is -0.481 e. The van der Waals surface area contributed by atoms with Crippen LogP contribution in [0.15, 0.2) is 48.5 Å². The molecule has 0 atom stereocenters. The number of aliphatic carboxylic acids is 1. The SMILES string of the molecule is Cc1ccccc1N(C(=O)CCC(=O)O)C(=O)c1ccccc1C(=O)O. The predicted molar refractivity (Wildman–Crippen MR) is 93.3 cm³/mol. The van der Waals surface area contributed by atoms with Gasteiger partial charge in [-0.1, -0.05) is 30.3 Å². The lowest BCUT2D eigenvalue weighted by Gasteiger charge is -2.23. The Balaban J connectivity index is 2.52. The van der Waals surface area contributed by atoms with E-state index in [2.05, 4.69) is 0 Å². The molecule has 0 aliphatic heterocycles. The van der Waals surface area contributed by atoms with Gasteiger partial charge in [-0.15, -0.1) is 0 Å². The number of amides is 2. The van der Waals surface area contributed by atoms with Gasteiger partial charge >= 0.3 is 11.9 Å². The molecule has 0 saturated carbocycles. The minimum absolute atomic E-state index is 0.146. The van der Waals surface area contributed by atoms with E-state index in [4.69, 9.17) is 5.11 Å². The first-order valence-electron chi connectivity index (χ1n) is 7.80. The number of aromatic carboxylic acids is 1. The number of anilines is 1. The molecule has 7 nitrogen and oxygen atoms in total. The Morgan fingerprint density at radius 3 is 2.00 bits per heavy atom. The maximum Gasteiger partial charge on any atom is 0.336 e. The van der Waals surface area contributed by atoms with Crippen molar-refractivity contribution < 1.29 is 29.4 Å². The van der Waals surface area contributed by atoms with Crippen molar-refractivity contribution in [2.24, 2.45) is 0 Å². The Morgan fingerprint density at radius 2 is 1.42 bits per heavy atom. The summed E-state index contributed by atoms with van der Waals surface area (Å²) in [5.74, 6) is -3.99. The fourth-order valence-corrected chi connectivity index (χ4v) is 2.47. The number of para-hydroxylation sites is 1. The second-order valence-electron chi connectivity index (χ2n) is 5.57. The van der Waals surface area contributed by atoms with Gasteiger partial charge in [-0.05, 0) is 30.7 Å². The molecule has 0 spiro atoms. The van der Waals surface area contributed by atoms with E-state index in [-0.39, 0.29) is 23.2 Å². The average molecular weight is 355 g/mol. The van der Waals surface area contributed by atoms with E-state index in [9.17, 15) is 24.3 Å². The van der Waals surface area contributed by atoms with E-state index in [1.54, 1.807) is 31.2 Å². The lowest BCUT2D eigenvalue weighted by atomic mass is 10.0. The summed E-state index contributed by atoms with van der Waals surface area (Å²) in [5, 5.41) is 18.1. The smallest absolute Gasteiger partial charge is 0.336 e. The van der Waals surface area contributed by atoms with Gasteiger partial charge in [0.1, 0.15) is 0 Å². The van der Waals surface area contributed by atoms with E-state index in [1.165, 1.54) is 24.3 Å². The summed E-state index contributed by atoms with van der Waals surface area (Å²) >= 11 is 0. The summed E-state index contributed by atoms with van der Waals surface area (Å²) in [6.07, 6.45) is -0.820. The number of benzene rings is 2. The zero-order chi connectivity index (χ0) is 19.3. The molecular formula is C19H17NO6. The van der Waals surface area contributed by atoms with Crippen LogP contribution in [0, 0.1) is 6.92 Å². The first-order valence-corrected chi connectivity index (χ1v) is 7.80. The molecule has 2 aromatic rings. The number of hydrogen-bond donors (Lipinski definition) is 2. The van der Waals surface area contributed by atoms with E-state index in [0.717, 1.165) is 4.90 Å². The first-order chi connectivity index (χ1) is 12.3. The van der Waals surface area contributed by atoms with Crippen molar-refractivity contribution in [2.75, 3.05) is 4.90 Å². The Morgan fingerprint density at radius 1 is 0.846 bits per heavy atom. The summed E-state index contributed by atoms with van der Waals surface area (Å²) in [7, 11) is 0. The molecule has 0 aliphatic carbocycles. The van der Waals surface area contributed by atoms with Crippen molar-refractivity contribution in [3.8, 4) is 0 Å².